The highest BCUT2D eigenvalue weighted by Crippen LogP contribution is 2.25. The number of carbonyl (C=O) groups excluding carboxylic acids is 1. The molecule has 1 aromatic carbocycles. The Morgan fingerprint density at radius 2 is 2.14 bits per heavy atom. The molecule has 0 saturated carbocycles. The zero-order valence-corrected chi connectivity index (χ0v) is 14.6. The monoisotopic (exact) mass is 366 g/mol. The molecule has 0 radical (unpaired) electrons. The van der Waals surface area contributed by atoms with Crippen molar-refractivity contribution in [2.75, 3.05) is 0 Å². The Labute approximate surface area is 138 Å². The van der Waals surface area contributed by atoms with Gasteiger partial charge in [-0.1, -0.05) is 42.8 Å². The van der Waals surface area contributed by atoms with Gasteiger partial charge in [0.15, 0.2) is 6.10 Å². The fraction of sp³-hybridized carbons (Fsp3) is 0.375. The predicted octanol–water partition coefficient (Wildman–Crippen LogP) is 4.16. The summed E-state index contributed by atoms with van der Waals surface area (Å²) in [6.07, 6.45) is 1.21. The largest absolute Gasteiger partial charge is 0.442 e. The van der Waals surface area contributed by atoms with E-state index in [1.807, 2.05) is 26.8 Å². The second kappa shape index (κ2) is 6.62. The zero-order valence-electron chi connectivity index (χ0n) is 13.0. The lowest BCUT2D eigenvalue weighted by Crippen LogP contribution is -2.25. The van der Waals surface area contributed by atoms with Crippen LogP contribution < -0.4 is 5.48 Å². The summed E-state index contributed by atoms with van der Waals surface area (Å²) in [7, 11) is 0. The van der Waals surface area contributed by atoms with Gasteiger partial charge < -0.3 is 4.42 Å². The van der Waals surface area contributed by atoms with Gasteiger partial charge in [-0.15, -0.1) is 0 Å². The van der Waals surface area contributed by atoms with E-state index in [1.54, 1.807) is 31.3 Å². The molecule has 0 saturated heterocycles. The van der Waals surface area contributed by atoms with Crippen LogP contribution in [0.1, 0.15) is 55.8 Å². The number of oxazole rings is 1. The number of aromatic nitrogens is 1. The van der Waals surface area contributed by atoms with Crippen molar-refractivity contribution in [3.63, 3.8) is 0 Å². The Hall–Kier alpha value is -1.66. The molecule has 1 N–H and O–H groups in total. The lowest BCUT2D eigenvalue weighted by atomic mass is 9.94. The molecular weight excluding hydrogens is 348 g/mol. The predicted molar refractivity (Wildman–Crippen MR) is 86.3 cm³/mol. The van der Waals surface area contributed by atoms with Crippen LogP contribution in [0.3, 0.4) is 0 Å². The maximum absolute atomic E-state index is 12.0. The zero-order chi connectivity index (χ0) is 16.3. The first kappa shape index (κ1) is 16.7. The Balaban J connectivity index is 1.96. The van der Waals surface area contributed by atoms with Crippen molar-refractivity contribution >= 4 is 21.8 Å². The van der Waals surface area contributed by atoms with Gasteiger partial charge >= 0.3 is 0 Å². The average molecular weight is 367 g/mol. The van der Waals surface area contributed by atoms with Gasteiger partial charge in [-0.05, 0) is 25.1 Å². The van der Waals surface area contributed by atoms with Crippen molar-refractivity contribution in [3.05, 3.63) is 52.1 Å². The van der Waals surface area contributed by atoms with Gasteiger partial charge in [0.1, 0.15) is 5.76 Å². The molecule has 1 heterocycles. The molecule has 6 heteroatoms. The van der Waals surface area contributed by atoms with Gasteiger partial charge in [-0.2, -0.15) is 0 Å². The van der Waals surface area contributed by atoms with E-state index >= 15 is 0 Å². The summed E-state index contributed by atoms with van der Waals surface area (Å²) in [4.78, 5) is 21.5. The summed E-state index contributed by atoms with van der Waals surface area (Å²) in [6.45, 7) is 7.88. The average Bonchev–Trinajstić information content (AvgIpc) is 2.94. The third-order valence-corrected chi connectivity index (χ3v) is 3.52. The summed E-state index contributed by atoms with van der Waals surface area (Å²) in [5, 5.41) is 0. The third kappa shape index (κ3) is 4.18. The van der Waals surface area contributed by atoms with Crippen molar-refractivity contribution in [1.29, 1.82) is 0 Å². The minimum absolute atomic E-state index is 0.121. The summed E-state index contributed by atoms with van der Waals surface area (Å²) in [6, 6.07) is 7.05. The smallest absolute Gasteiger partial charge is 0.274 e. The highest BCUT2D eigenvalue weighted by Gasteiger charge is 2.22. The van der Waals surface area contributed by atoms with Gasteiger partial charge in [0.05, 0.1) is 6.20 Å². The second-order valence-electron chi connectivity index (χ2n) is 6.01. The molecule has 1 aromatic heterocycles. The lowest BCUT2D eigenvalue weighted by molar-refractivity contribution is -0.0206. The van der Waals surface area contributed by atoms with E-state index in [0.29, 0.717) is 11.5 Å². The number of nitrogens with one attached hydrogen (secondary N) is 1. The van der Waals surface area contributed by atoms with E-state index in [0.717, 1.165) is 10.2 Å². The highest BCUT2D eigenvalue weighted by atomic mass is 79.9. The molecule has 2 aromatic rings. The van der Waals surface area contributed by atoms with E-state index in [1.165, 1.54) is 0 Å². The molecule has 1 atom stereocenters. The topological polar surface area (TPSA) is 64.4 Å². The number of nitrogens with zero attached hydrogens (tertiary/aromatic N) is 1. The van der Waals surface area contributed by atoms with E-state index < -0.39 is 6.10 Å². The first-order valence-corrected chi connectivity index (χ1v) is 7.74. The summed E-state index contributed by atoms with van der Waals surface area (Å²) in [5.74, 6) is 0.881. The normalized spacial score (nSPS) is 13.0. The molecule has 118 valence electrons. The van der Waals surface area contributed by atoms with E-state index in [4.69, 9.17) is 9.25 Å². The summed E-state index contributed by atoms with van der Waals surface area (Å²) < 4.78 is 6.50. The number of benzene rings is 1. The minimum Gasteiger partial charge on any atom is -0.442 e. The summed E-state index contributed by atoms with van der Waals surface area (Å²) >= 11 is 3.32. The third-order valence-electron chi connectivity index (χ3n) is 3.03. The van der Waals surface area contributed by atoms with Crippen LogP contribution in [-0.2, 0) is 10.3 Å². The number of hydrogen-bond acceptors (Lipinski definition) is 4. The van der Waals surface area contributed by atoms with Gasteiger partial charge in [0, 0.05) is 15.5 Å². The highest BCUT2D eigenvalue weighted by molar-refractivity contribution is 9.10. The number of hydrogen-bond donors (Lipinski definition) is 1. The van der Waals surface area contributed by atoms with E-state index in [2.05, 4.69) is 26.4 Å². The number of hydroxylamine groups is 1. The molecule has 1 amide bonds. The van der Waals surface area contributed by atoms with Crippen LogP contribution in [0.15, 0.2) is 39.4 Å². The quantitative estimate of drug-likeness (QED) is 0.825. The van der Waals surface area contributed by atoms with Gasteiger partial charge in [-0.25, -0.2) is 10.5 Å². The lowest BCUT2D eigenvalue weighted by Gasteiger charge is -2.14. The Bertz CT molecular complexity index is 661. The molecule has 0 aliphatic heterocycles. The molecule has 0 bridgehead atoms. The van der Waals surface area contributed by atoms with Crippen LogP contribution >= 0.6 is 15.9 Å². The Morgan fingerprint density at radius 1 is 1.41 bits per heavy atom. The molecule has 0 spiro atoms. The fourth-order valence-corrected chi connectivity index (χ4v) is 2.10. The first-order valence-electron chi connectivity index (χ1n) is 6.95. The Morgan fingerprint density at radius 3 is 2.73 bits per heavy atom. The molecule has 0 fully saturated rings. The fourth-order valence-electron chi connectivity index (χ4n) is 1.70. The molecule has 5 nitrogen and oxygen atoms in total. The van der Waals surface area contributed by atoms with Crippen LogP contribution in [0.4, 0.5) is 0 Å². The van der Waals surface area contributed by atoms with Crippen molar-refractivity contribution < 1.29 is 14.0 Å². The number of halogens is 1. The molecule has 0 unspecified atom stereocenters. The van der Waals surface area contributed by atoms with Gasteiger partial charge in [0.2, 0.25) is 5.89 Å². The van der Waals surface area contributed by atoms with Crippen molar-refractivity contribution in [1.82, 2.24) is 10.5 Å². The van der Waals surface area contributed by atoms with Crippen molar-refractivity contribution in [2.45, 2.75) is 39.2 Å². The maximum Gasteiger partial charge on any atom is 0.274 e. The SMILES string of the molecule is C[C@H](ONC(=O)c1cccc(Br)c1)c1ncc(C(C)(C)C)o1. The van der Waals surface area contributed by atoms with Crippen LogP contribution in [0.5, 0.6) is 0 Å². The summed E-state index contributed by atoms with van der Waals surface area (Å²) in [5.41, 5.74) is 2.80. The molecule has 22 heavy (non-hydrogen) atoms. The maximum atomic E-state index is 12.0. The molecular formula is C16H19BrN2O3. The van der Waals surface area contributed by atoms with Gasteiger partial charge in [-0.3, -0.25) is 9.63 Å². The number of rotatable bonds is 4. The van der Waals surface area contributed by atoms with Crippen LogP contribution in [-0.4, -0.2) is 10.9 Å². The number of carbonyl (C=O) groups is 1. The molecule has 2 rings (SSSR count). The van der Waals surface area contributed by atoms with Crippen molar-refractivity contribution in [3.8, 4) is 0 Å². The Kier molecular flexibility index (Phi) is 5.03. The first-order chi connectivity index (χ1) is 10.3. The molecule has 0 aliphatic carbocycles. The van der Waals surface area contributed by atoms with Crippen LogP contribution in [0.2, 0.25) is 0 Å². The van der Waals surface area contributed by atoms with E-state index in [-0.39, 0.29) is 11.3 Å². The van der Waals surface area contributed by atoms with Crippen LogP contribution in [0, 0.1) is 0 Å². The van der Waals surface area contributed by atoms with E-state index in [9.17, 15) is 4.79 Å². The standard InChI is InChI=1S/C16H19BrN2O3/c1-10(15-18-9-13(21-15)16(2,3)4)22-19-14(20)11-6-5-7-12(17)8-11/h5-10H,1-4H3,(H,19,20)/t10-/m0/s1. The molecule has 0 aliphatic rings. The van der Waals surface area contributed by atoms with Crippen LogP contribution in [0.25, 0.3) is 0 Å². The number of amides is 1. The minimum atomic E-state index is -0.479. The van der Waals surface area contributed by atoms with Crippen molar-refractivity contribution in [2.24, 2.45) is 0 Å². The van der Waals surface area contributed by atoms with Gasteiger partial charge in [0.25, 0.3) is 5.91 Å². The second-order valence-corrected chi connectivity index (χ2v) is 6.93.